The summed E-state index contributed by atoms with van der Waals surface area (Å²) in [6.45, 7) is 1.31. The first-order valence-electron chi connectivity index (χ1n) is 6.50. The Morgan fingerprint density at radius 2 is 1.95 bits per heavy atom. The van der Waals surface area contributed by atoms with E-state index in [4.69, 9.17) is 5.73 Å². The summed E-state index contributed by atoms with van der Waals surface area (Å²) in [4.78, 5) is 15.3. The minimum Gasteiger partial charge on any atom is -0.366 e. The van der Waals surface area contributed by atoms with E-state index in [0.717, 1.165) is 31.3 Å². The molecule has 1 rings (SSSR count). The number of halogens is 3. The lowest BCUT2D eigenvalue weighted by Crippen LogP contribution is -2.63. The third-order valence-electron chi connectivity index (χ3n) is 3.36. The van der Waals surface area contributed by atoms with Gasteiger partial charge in [-0.3, -0.25) is 9.69 Å². The van der Waals surface area contributed by atoms with Crippen LogP contribution < -0.4 is 11.1 Å². The number of nitrogens with two attached hydrogens (primary N) is 1. The molecule has 0 saturated carbocycles. The topological polar surface area (TPSA) is 61.6 Å². The molecule has 1 heterocycles. The lowest BCUT2D eigenvalue weighted by molar-refractivity contribution is -0.128. The van der Waals surface area contributed by atoms with Crippen molar-refractivity contribution >= 4 is 5.91 Å². The second kappa shape index (κ2) is 6.48. The molecule has 5 nitrogen and oxygen atoms in total. The molecule has 0 radical (unpaired) electrons. The summed E-state index contributed by atoms with van der Waals surface area (Å²) < 4.78 is 37.8. The molecule has 0 fully saturated rings. The third-order valence-corrected chi connectivity index (χ3v) is 3.36. The van der Waals surface area contributed by atoms with Crippen LogP contribution in [0.15, 0.2) is 23.9 Å². The van der Waals surface area contributed by atoms with E-state index >= 15 is 0 Å². The Labute approximate surface area is 122 Å². The first-order chi connectivity index (χ1) is 9.59. The Hall–Kier alpha value is -1.54. The fourth-order valence-electron chi connectivity index (χ4n) is 2.05. The van der Waals surface area contributed by atoms with Crippen LogP contribution >= 0.6 is 0 Å². The summed E-state index contributed by atoms with van der Waals surface area (Å²) in [5.41, 5.74) is 3.10. The number of amides is 1. The van der Waals surface area contributed by atoms with E-state index in [1.165, 1.54) is 0 Å². The molecule has 120 valence electrons. The highest BCUT2D eigenvalue weighted by Gasteiger charge is 2.42. The van der Waals surface area contributed by atoms with E-state index in [-0.39, 0.29) is 0 Å². The molecule has 0 aromatic heterocycles. The van der Waals surface area contributed by atoms with Crippen LogP contribution in [0.2, 0.25) is 0 Å². The lowest BCUT2D eigenvalue weighted by atomic mass is 10.0. The molecule has 3 N–H and O–H groups in total. The van der Waals surface area contributed by atoms with E-state index in [0.29, 0.717) is 6.54 Å². The average Bonchev–Trinajstić information content (AvgIpc) is 2.36. The number of carbonyl (C=O) groups is 1. The van der Waals surface area contributed by atoms with Crippen LogP contribution in [0.3, 0.4) is 0 Å². The number of hydrogen-bond donors (Lipinski definition) is 2. The van der Waals surface area contributed by atoms with Crippen LogP contribution in [0.5, 0.6) is 0 Å². The predicted molar refractivity (Wildman–Crippen MR) is 74.1 cm³/mol. The average molecular weight is 306 g/mol. The highest BCUT2D eigenvalue weighted by molar-refractivity contribution is 5.87. The lowest BCUT2D eigenvalue weighted by Gasteiger charge is -2.39. The van der Waals surface area contributed by atoms with Crippen molar-refractivity contribution in [1.29, 1.82) is 0 Å². The largest absolute Gasteiger partial charge is 0.417 e. The number of nitrogens with one attached hydrogen (secondary N) is 1. The summed E-state index contributed by atoms with van der Waals surface area (Å²) in [6.07, 6.45) is -0.884. The maximum absolute atomic E-state index is 12.6. The zero-order chi connectivity index (χ0) is 16.3. The second-order valence-corrected chi connectivity index (χ2v) is 5.28. The number of nitrogens with zero attached hydrogens (tertiary/aromatic N) is 2. The first kappa shape index (κ1) is 17.5. The van der Waals surface area contributed by atoms with E-state index < -0.39 is 23.3 Å². The molecule has 1 amide bonds. The van der Waals surface area contributed by atoms with Crippen LogP contribution in [-0.2, 0) is 4.79 Å². The summed E-state index contributed by atoms with van der Waals surface area (Å²) in [5.74, 6) is -0.747. The van der Waals surface area contributed by atoms with Crippen LogP contribution in [0, 0.1) is 0 Å². The molecule has 0 aromatic carbocycles. The van der Waals surface area contributed by atoms with E-state index in [1.54, 1.807) is 11.9 Å². The number of allylic oxidation sites excluding steroid dienone is 2. The molecular weight excluding hydrogens is 285 g/mol. The number of primary amides is 1. The van der Waals surface area contributed by atoms with Gasteiger partial charge in [0.15, 0.2) is 5.66 Å². The smallest absolute Gasteiger partial charge is 0.366 e. The molecule has 1 unspecified atom stereocenters. The van der Waals surface area contributed by atoms with E-state index in [9.17, 15) is 18.0 Å². The van der Waals surface area contributed by atoms with Crippen molar-refractivity contribution in [3.8, 4) is 0 Å². The molecular formula is C13H21F3N4O. The number of alkyl halides is 3. The van der Waals surface area contributed by atoms with Gasteiger partial charge < -0.3 is 16.0 Å². The van der Waals surface area contributed by atoms with Crippen molar-refractivity contribution in [3.63, 3.8) is 0 Å². The minimum absolute atomic E-state index is 0.508. The van der Waals surface area contributed by atoms with Gasteiger partial charge in [-0.15, -0.1) is 0 Å². The van der Waals surface area contributed by atoms with Gasteiger partial charge in [-0.05, 0) is 46.3 Å². The Bertz CT molecular complexity index is 445. The Morgan fingerprint density at radius 1 is 1.33 bits per heavy atom. The molecule has 0 bridgehead atoms. The highest BCUT2D eigenvalue weighted by Crippen LogP contribution is 2.30. The number of dihydropyridines is 1. The van der Waals surface area contributed by atoms with Gasteiger partial charge in [0.2, 0.25) is 0 Å². The van der Waals surface area contributed by atoms with E-state index in [1.807, 2.05) is 19.0 Å². The van der Waals surface area contributed by atoms with Crippen molar-refractivity contribution in [2.75, 3.05) is 34.2 Å². The van der Waals surface area contributed by atoms with Gasteiger partial charge in [0.05, 0.1) is 5.57 Å². The summed E-state index contributed by atoms with van der Waals surface area (Å²) in [7, 11) is 5.48. The van der Waals surface area contributed by atoms with Crippen molar-refractivity contribution < 1.29 is 18.0 Å². The van der Waals surface area contributed by atoms with Gasteiger partial charge in [-0.25, -0.2) is 0 Å². The Kier molecular flexibility index (Phi) is 5.41. The molecule has 1 atom stereocenters. The van der Waals surface area contributed by atoms with Crippen molar-refractivity contribution in [3.05, 3.63) is 23.9 Å². The van der Waals surface area contributed by atoms with Gasteiger partial charge in [-0.2, -0.15) is 13.2 Å². The van der Waals surface area contributed by atoms with Gasteiger partial charge in [-0.1, -0.05) is 0 Å². The second-order valence-electron chi connectivity index (χ2n) is 5.28. The molecule has 0 saturated heterocycles. The summed E-state index contributed by atoms with van der Waals surface area (Å²) >= 11 is 0. The molecule has 1 aliphatic heterocycles. The number of carbonyl (C=O) groups excluding carboxylic acids is 1. The van der Waals surface area contributed by atoms with Crippen LogP contribution in [-0.4, -0.2) is 61.8 Å². The van der Waals surface area contributed by atoms with Gasteiger partial charge in [0, 0.05) is 12.7 Å². The SMILES string of the molecule is CN(C)CCCN(C)C1(C(N)=O)C=CC(C(F)(F)F)=CN1. The standard InChI is InChI=1S/C13H21F3N4O/c1-19(2)7-4-8-20(3)12(11(17)21)6-5-10(9-18-12)13(14,15)16/h5-6,9,18H,4,7-8H2,1-3H3,(H2,17,21). The molecule has 0 spiro atoms. The summed E-state index contributed by atoms with van der Waals surface area (Å²) in [6, 6.07) is 0. The zero-order valence-corrected chi connectivity index (χ0v) is 12.4. The molecule has 21 heavy (non-hydrogen) atoms. The van der Waals surface area contributed by atoms with Crippen LogP contribution in [0.1, 0.15) is 6.42 Å². The molecule has 0 aromatic rings. The predicted octanol–water partition coefficient (Wildman–Crippen LogP) is 0.657. The number of hydrogen-bond acceptors (Lipinski definition) is 4. The fraction of sp³-hybridized carbons (Fsp3) is 0.615. The minimum atomic E-state index is -4.46. The normalized spacial score (nSPS) is 22.4. The monoisotopic (exact) mass is 306 g/mol. The maximum Gasteiger partial charge on any atom is 0.417 e. The third kappa shape index (κ3) is 4.21. The van der Waals surface area contributed by atoms with Gasteiger partial charge in [0.1, 0.15) is 0 Å². The number of rotatable bonds is 6. The maximum atomic E-state index is 12.6. The van der Waals surface area contributed by atoms with Crippen LogP contribution in [0.4, 0.5) is 13.2 Å². The Balaban J connectivity index is 2.82. The quantitative estimate of drug-likeness (QED) is 0.757. The zero-order valence-electron chi connectivity index (χ0n) is 12.4. The highest BCUT2D eigenvalue weighted by atomic mass is 19.4. The van der Waals surface area contributed by atoms with Crippen molar-refractivity contribution in [2.45, 2.75) is 18.3 Å². The molecule has 0 aliphatic carbocycles. The number of likely N-dealkylation sites (N-methyl/N-ethyl adjacent to an activating group) is 1. The van der Waals surface area contributed by atoms with Gasteiger partial charge >= 0.3 is 6.18 Å². The van der Waals surface area contributed by atoms with E-state index in [2.05, 4.69) is 5.32 Å². The van der Waals surface area contributed by atoms with Crippen molar-refractivity contribution in [1.82, 2.24) is 15.1 Å². The fourth-order valence-corrected chi connectivity index (χ4v) is 2.05. The first-order valence-corrected chi connectivity index (χ1v) is 6.50. The van der Waals surface area contributed by atoms with Crippen molar-refractivity contribution in [2.24, 2.45) is 5.73 Å². The van der Waals surface area contributed by atoms with Crippen LogP contribution in [0.25, 0.3) is 0 Å². The Morgan fingerprint density at radius 3 is 2.33 bits per heavy atom. The molecule has 1 aliphatic rings. The molecule has 8 heteroatoms. The van der Waals surface area contributed by atoms with Gasteiger partial charge in [0.25, 0.3) is 5.91 Å². The summed E-state index contributed by atoms with van der Waals surface area (Å²) in [5, 5.41) is 2.50.